The molecule has 10 heteroatoms. The van der Waals surface area contributed by atoms with Gasteiger partial charge in [-0.05, 0) is 48.4 Å². The highest BCUT2D eigenvalue weighted by Crippen LogP contribution is 2.22. The predicted octanol–water partition coefficient (Wildman–Crippen LogP) is 4.71. The van der Waals surface area contributed by atoms with Crippen molar-refractivity contribution in [3.63, 3.8) is 0 Å². The van der Waals surface area contributed by atoms with Gasteiger partial charge in [0.1, 0.15) is 28.7 Å². The Morgan fingerprint density at radius 2 is 1.70 bits per heavy atom. The van der Waals surface area contributed by atoms with Crippen LogP contribution in [0.5, 0.6) is 5.75 Å². The summed E-state index contributed by atoms with van der Waals surface area (Å²) in [5, 5.41) is 3.11. The Kier molecular flexibility index (Phi) is 6.63. The summed E-state index contributed by atoms with van der Waals surface area (Å²) >= 11 is 0. The molecule has 0 saturated heterocycles. The van der Waals surface area contributed by atoms with Gasteiger partial charge in [0.15, 0.2) is 5.65 Å². The number of nitrogens with zero attached hydrogens (tertiary/aromatic N) is 4. The lowest BCUT2D eigenvalue weighted by Crippen LogP contribution is -2.24. The summed E-state index contributed by atoms with van der Waals surface area (Å²) in [4.78, 5) is 22.4. The van der Waals surface area contributed by atoms with Crippen LogP contribution in [0.3, 0.4) is 0 Å². The second kappa shape index (κ2) is 10.2. The van der Waals surface area contributed by atoms with Gasteiger partial charge in [-0.25, -0.2) is 27.5 Å². The zero-order chi connectivity index (χ0) is 25.9. The van der Waals surface area contributed by atoms with Crippen molar-refractivity contribution in [3.05, 3.63) is 112 Å². The SMILES string of the molecule is COc1cccc(-n2c(=O)n(Cc3c(F)cccc3F)c3cnc(NCCc4ccc(F)cc4)nc32)c1. The molecule has 0 aliphatic rings. The van der Waals surface area contributed by atoms with E-state index in [1.807, 2.05) is 0 Å². The van der Waals surface area contributed by atoms with Crippen LogP contribution in [0, 0.1) is 17.5 Å². The summed E-state index contributed by atoms with van der Waals surface area (Å²) in [5.74, 6) is -1.03. The molecule has 37 heavy (non-hydrogen) atoms. The van der Waals surface area contributed by atoms with E-state index < -0.39 is 17.3 Å². The standard InChI is InChI=1S/C27H22F3N5O2/c1-37-20-5-2-4-19(14-20)35-25-24(34(27(35)36)16-21-22(29)6-3-7-23(21)30)15-32-26(33-25)31-13-12-17-8-10-18(28)11-9-17/h2-11,14-15H,12-13,16H2,1H3,(H,31,32,33). The van der Waals surface area contributed by atoms with Gasteiger partial charge in [0.25, 0.3) is 0 Å². The van der Waals surface area contributed by atoms with E-state index in [4.69, 9.17) is 4.74 Å². The molecule has 0 spiro atoms. The van der Waals surface area contributed by atoms with Gasteiger partial charge in [-0.3, -0.25) is 4.57 Å². The van der Waals surface area contributed by atoms with E-state index in [0.717, 1.165) is 17.7 Å². The summed E-state index contributed by atoms with van der Waals surface area (Å²) in [6.07, 6.45) is 2.04. The first-order valence-electron chi connectivity index (χ1n) is 11.5. The number of halogens is 3. The largest absolute Gasteiger partial charge is 0.497 e. The number of rotatable bonds is 8. The fourth-order valence-electron chi connectivity index (χ4n) is 4.07. The number of methoxy groups -OCH3 is 1. The van der Waals surface area contributed by atoms with Gasteiger partial charge in [-0.2, -0.15) is 4.98 Å². The number of fused-ring (bicyclic) bond motifs is 1. The maximum absolute atomic E-state index is 14.4. The molecule has 0 radical (unpaired) electrons. The molecule has 0 aliphatic carbocycles. The van der Waals surface area contributed by atoms with Crippen molar-refractivity contribution >= 4 is 17.1 Å². The van der Waals surface area contributed by atoms with Crippen LogP contribution in [0.4, 0.5) is 19.1 Å². The Morgan fingerprint density at radius 3 is 2.43 bits per heavy atom. The molecule has 0 fully saturated rings. The molecular formula is C27H22F3N5O2. The van der Waals surface area contributed by atoms with Gasteiger partial charge in [0.05, 0.1) is 25.5 Å². The minimum atomic E-state index is -0.755. The van der Waals surface area contributed by atoms with E-state index in [9.17, 15) is 18.0 Å². The van der Waals surface area contributed by atoms with E-state index in [1.165, 1.54) is 40.6 Å². The van der Waals surface area contributed by atoms with Crippen LogP contribution in [-0.4, -0.2) is 32.8 Å². The second-order valence-electron chi connectivity index (χ2n) is 8.31. The lowest BCUT2D eigenvalue weighted by atomic mass is 10.1. The smallest absolute Gasteiger partial charge is 0.335 e. The molecule has 2 heterocycles. The van der Waals surface area contributed by atoms with Crippen LogP contribution in [0.15, 0.2) is 77.7 Å². The van der Waals surface area contributed by atoms with Crippen LogP contribution in [0.1, 0.15) is 11.1 Å². The highest BCUT2D eigenvalue weighted by Gasteiger charge is 2.20. The predicted molar refractivity (Wildman–Crippen MR) is 134 cm³/mol. The first kappa shape index (κ1) is 24.1. The summed E-state index contributed by atoms with van der Waals surface area (Å²) < 4.78 is 49.9. The molecule has 0 bridgehead atoms. The number of ether oxygens (including phenoxy) is 1. The van der Waals surface area contributed by atoms with E-state index in [0.29, 0.717) is 29.9 Å². The van der Waals surface area contributed by atoms with Crippen molar-refractivity contribution in [3.8, 4) is 11.4 Å². The molecule has 5 rings (SSSR count). The number of aromatic nitrogens is 4. The minimum Gasteiger partial charge on any atom is -0.497 e. The average Bonchev–Trinajstić information content (AvgIpc) is 3.17. The summed E-state index contributed by atoms with van der Waals surface area (Å²) in [7, 11) is 1.51. The minimum absolute atomic E-state index is 0.240. The van der Waals surface area contributed by atoms with Crippen molar-refractivity contribution < 1.29 is 17.9 Å². The maximum atomic E-state index is 14.4. The van der Waals surface area contributed by atoms with Crippen molar-refractivity contribution in [2.24, 2.45) is 0 Å². The summed E-state index contributed by atoms with van der Waals surface area (Å²) in [6.45, 7) is 0.118. The fourth-order valence-corrected chi connectivity index (χ4v) is 4.07. The van der Waals surface area contributed by atoms with Gasteiger partial charge in [0, 0.05) is 18.2 Å². The third-order valence-electron chi connectivity index (χ3n) is 5.97. The van der Waals surface area contributed by atoms with Crippen LogP contribution >= 0.6 is 0 Å². The average molecular weight is 506 g/mol. The molecule has 3 aromatic carbocycles. The van der Waals surface area contributed by atoms with Gasteiger partial charge in [0.2, 0.25) is 5.95 Å². The topological polar surface area (TPSA) is 74.0 Å². The van der Waals surface area contributed by atoms with E-state index >= 15 is 0 Å². The molecular weight excluding hydrogens is 483 g/mol. The lowest BCUT2D eigenvalue weighted by molar-refractivity contribution is 0.414. The summed E-state index contributed by atoms with van der Waals surface area (Å²) in [6, 6.07) is 16.6. The number of hydrogen-bond acceptors (Lipinski definition) is 5. The Hall–Kier alpha value is -4.60. The third-order valence-corrected chi connectivity index (χ3v) is 5.97. The van der Waals surface area contributed by atoms with Crippen molar-refractivity contribution in [2.45, 2.75) is 13.0 Å². The van der Waals surface area contributed by atoms with Crippen LogP contribution in [0.2, 0.25) is 0 Å². The normalized spacial score (nSPS) is 11.1. The summed E-state index contributed by atoms with van der Waals surface area (Å²) in [5.41, 5.74) is 1.19. The highest BCUT2D eigenvalue weighted by atomic mass is 19.1. The van der Waals surface area contributed by atoms with Crippen molar-refractivity contribution in [1.82, 2.24) is 19.1 Å². The third kappa shape index (κ3) is 4.90. The molecule has 2 aromatic heterocycles. The van der Waals surface area contributed by atoms with Gasteiger partial charge < -0.3 is 10.1 Å². The number of imidazole rings is 1. The van der Waals surface area contributed by atoms with Gasteiger partial charge in [-0.1, -0.05) is 24.3 Å². The first-order chi connectivity index (χ1) is 17.9. The number of hydrogen-bond donors (Lipinski definition) is 1. The zero-order valence-corrected chi connectivity index (χ0v) is 19.8. The molecule has 0 unspecified atom stereocenters. The van der Waals surface area contributed by atoms with E-state index in [1.54, 1.807) is 36.4 Å². The van der Waals surface area contributed by atoms with Gasteiger partial charge >= 0.3 is 5.69 Å². The van der Waals surface area contributed by atoms with Crippen LogP contribution in [-0.2, 0) is 13.0 Å². The van der Waals surface area contributed by atoms with E-state index in [-0.39, 0.29) is 29.5 Å². The van der Waals surface area contributed by atoms with E-state index in [2.05, 4.69) is 15.3 Å². The fraction of sp³-hybridized carbons (Fsp3) is 0.148. The Labute approximate surface area is 209 Å². The first-order valence-corrected chi connectivity index (χ1v) is 11.5. The van der Waals surface area contributed by atoms with Crippen molar-refractivity contribution in [2.75, 3.05) is 19.0 Å². The molecule has 0 saturated carbocycles. The molecule has 7 nitrogen and oxygen atoms in total. The molecule has 188 valence electrons. The molecule has 5 aromatic rings. The monoisotopic (exact) mass is 505 g/mol. The van der Waals surface area contributed by atoms with Crippen LogP contribution in [0.25, 0.3) is 16.9 Å². The quantitative estimate of drug-likeness (QED) is 0.331. The second-order valence-corrected chi connectivity index (χ2v) is 8.31. The van der Waals surface area contributed by atoms with Crippen molar-refractivity contribution in [1.29, 1.82) is 0 Å². The number of nitrogens with one attached hydrogen (secondary N) is 1. The number of benzene rings is 3. The lowest BCUT2D eigenvalue weighted by Gasteiger charge is -2.07. The Balaban J connectivity index is 1.55. The van der Waals surface area contributed by atoms with Gasteiger partial charge in [-0.15, -0.1) is 0 Å². The molecule has 0 amide bonds. The Morgan fingerprint density at radius 1 is 0.973 bits per heavy atom. The maximum Gasteiger partial charge on any atom is 0.335 e. The molecule has 0 aliphatic heterocycles. The Bertz CT molecular complexity index is 1610. The number of anilines is 1. The van der Waals surface area contributed by atoms with Crippen LogP contribution < -0.4 is 15.7 Å². The highest BCUT2D eigenvalue weighted by molar-refractivity contribution is 5.74. The zero-order valence-electron chi connectivity index (χ0n) is 19.8. The molecule has 0 atom stereocenters. The molecule has 1 N–H and O–H groups in total.